The molecule has 3 N–H and O–H groups in total. The minimum atomic E-state index is 0.314. The number of rotatable bonds is 4. The first kappa shape index (κ1) is 12.1. The summed E-state index contributed by atoms with van der Waals surface area (Å²) in [5.41, 5.74) is 7.26. The summed E-state index contributed by atoms with van der Waals surface area (Å²) in [6, 6.07) is 9.53. The molecule has 0 atom stereocenters. The molecule has 0 amide bonds. The third-order valence-corrected chi connectivity index (χ3v) is 2.64. The van der Waals surface area contributed by atoms with Crippen LogP contribution in [-0.2, 0) is 6.54 Å². The highest BCUT2D eigenvalue weighted by atomic mass is 16.4. The molecule has 3 aromatic heterocycles. The molecule has 0 unspecified atom stereocenters. The average molecular weight is 268 g/mol. The SMILES string of the molecule is Nc1ncccc1-c1nnc(NCc2ccccn2)o1. The molecular formula is C13H12N6O. The maximum Gasteiger partial charge on any atom is 0.316 e. The summed E-state index contributed by atoms with van der Waals surface area (Å²) < 4.78 is 5.49. The Morgan fingerprint density at radius 2 is 1.95 bits per heavy atom. The normalized spacial score (nSPS) is 10.4. The number of anilines is 2. The molecule has 0 aliphatic heterocycles. The molecule has 0 aromatic carbocycles. The van der Waals surface area contributed by atoms with Crippen LogP contribution in [0.2, 0.25) is 0 Å². The van der Waals surface area contributed by atoms with Gasteiger partial charge in [0.1, 0.15) is 5.82 Å². The largest absolute Gasteiger partial charge is 0.403 e. The molecular weight excluding hydrogens is 256 g/mol. The van der Waals surface area contributed by atoms with Gasteiger partial charge < -0.3 is 15.5 Å². The Hall–Kier alpha value is -2.96. The molecule has 0 saturated heterocycles. The van der Waals surface area contributed by atoms with Crippen LogP contribution in [0, 0.1) is 0 Å². The second-order valence-corrected chi connectivity index (χ2v) is 4.02. The van der Waals surface area contributed by atoms with Crippen molar-refractivity contribution in [3.63, 3.8) is 0 Å². The number of hydrogen-bond acceptors (Lipinski definition) is 7. The first-order valence-electron chi connectivity index (χ1n) is 6.01. The summed E-state index contributed by atoms with van der Waals surface area (Å²) in [7, 11) is 0. The minimum Gasteiger partial charge on any atom is -0.403 e. The minimum absolute atomic E-state index is 0.314. The molecule has 0 aliphatic rings. The van der Waals surface area contributed by atoms with Crippen molar-refractivity contribution in [1.82, 2.24) is 20.2 Å². The first-order chi connectivity index (χ1) is 9.83. The highest BCUT2D eigenvalue weighted by molar-refractivity contribution is 5.66. The quantitative estimate of drug-likeness (QED) is 0.742. The molecule has 3 heterocycles. The Labute approximate surface area is 114 Å². The van der Waals surface area contributed by atoms with Crippen molar-refractivity contribution >= 4 is 11.8 Å². The molecule has 20 heavy (non-hydrogen) atoms. The summed E-state index contributed by atoms with van der Waals surface area (Å²) in [4.78, 5) is 8.17. The van der Waals surface area contributed by atoms with E-state index in [0.717, 1.165) is 5.69 Å². The lowest BCUT2D eigenvalue weighted by molar-refractivity contribution is 0.580. The molecule has 0 aliphatic carbocycles. The second kappa shape index (κ2) is 5.35. The number of nitrogens with one attached hydrogen (secondary N) is 1. The number of hydrogen-bond donors (Lipinski definition) is 2. The van der Waals surface area contributed by atoms with Gasteiger partial charge in [-0.25, -0.2) is 4.98 Å². The molecule has 0 bridgehead atoms. The van der Waals surface area contributed by atoms with E-state index in [1.54, 1.807) is 24.5 Å². The fourth-order valence-corrected chi connectivity index (χ4v) is 1.67. The average Bonchev–Trinajstić information content (AvgIpc) is 2.95. The van der Waals surface area contributed by atoms with Crippen LogP contribution in [0.25, 0.3) is 11.5 Å². The van der Waals surface area contributed by atoms with E-state index in [-0.39, 0.29) is 0 Å². The molecule has 0 spiro atoms. The van der Waals surface area contributed by atoms with Crippen LogP contribution in [0.15, 0.2) is 47.1 Å². The van der Waals surface area contributed by atoms with Crippen LogP contribution in [0.1, 0.15) is 5.69 Å². The molecule has 0 saturated carbocycles. The van der Waals surface area contributed by atoms with Crippen LogP contribution in [-0.4, -0.2) is 20.2 Å². The summed E-state index contributed by atoms with van der Waals surface area (Å²) in [6.07, 6.45) is 3.34. The zero-order chi connectivity index (χ0) is 13.8. The van der Waals surface area contributed by atoms with Gasteiger partial charge >= 0.3 is 6.01 Å². The number of aromatic nitrogens is 4. The molecule has 7 heteroatoms. The van der Waals surface area contributed by atoms with E-state index in [0.29, 0.717) is 29.8 Å². The smallest absolute Gasteiger partial charge is 0.316 e. The summed E-state index contributed by atoms with van der Waals surface area (Å²) in [5.74, 6) is 0.687. The van der Waals surface area contributed by atoms with Crippen LogP contribution in [0.5, 0.6) is 0 Å². The van der Waals surface area contributed by atoms with Gasteiger partial charge in [0, 0.05) is 12.4 Å². The van der Waals surface area contributed by atoms with Gasteiger partial charge in [-0.1, -0.05) is 11.2 Å². The Morgan fingerprint density at radius 1 is 1.05 bits per heavy atom. The van der Waals surface area contributed by atoms with Crippen molar-refractivity contribution in [2.45, 2.75) is 6.54 Å². The number of nitrogen functional groups attached to an aromatic ring is 1. The molecule has 0 fully saturated rings. The summed E-state index contributed by atoms with van der Waals surface area (Å²) >= 11 is 0. The topological polar surface area (TPSA) is 103 Å². The molecule has 3 aromatic rings. The van der Waals surface area contributed by atoms with E-state index in [1.165, 1.54) is 0 Å². The van der Waals surface area contributed by atoms with E-state index < -0.39 is 0 Å². The molecule has 0 radical (unpaired) electrons. The van der Waals surface area contributed by atoms with Crippen molar-refractivity contribution in [1.29, 1.82) is 0 Å². The van der Waals surface area contributed by atoms with Gasteiger partial charge in [0.25, 0.3) is 5.89 Å². The second-order valence-electron chi connectivity index (χ2n) is 4.02. The molecule has 7 nitrogen and oxygen atoms in total. The Balaban J connectivity index is 1.73. The number of nitrogens with two attached hydrogens (primary N) is 1. The van der Waals surface area contributed by atoms with Crippen LogP contribution in [0.4, 0.5) is 11.8 Å². The highest BCUT2D eigenvalue weighted by Crippen LogP contribution is 2.23. The summed E-state index contributed by atoms with van der Waals surface area (Å²) in [5, 5.41) is 10.9. The van der Waals surface area contributed by atoms with Gasteiger partial charge in [0.15, 0.2) is 0 Å². The lowest BCUT2D eigenvalue weighted by Crippen LogP contribution is -2.01. The van der Waals surface area contributed by atoms with Crippen LogP contribution in [0.3, 0.4) is 0 Å². The van der Waals surface area contributed by atoms with Gasteiger partial charge in [-0.2, -0.15) is 0 Å². The van der Waals surface area contributed by atoms with Gasteiger partial charge in [-0.3, -0.25) is 4.98 Å². The van der Waals surface area contributed by atoms with Gasteiger partial charge in [0.2, 0.25) is 0 Å². The zero-order valence-corrected chi connectivity index (χ0v) is 10.5. The predicted octanol–water partition coefficient (Wildman–Crippen LogP) is 1.72. The maximum absolute atomic E-state index is 5.76. The van der Waals surface area contributed by atoms with Crippen molar-refractivity contribution in [2.75, 3.05) is 11.1 Å². The fraction of sp³-hybridized carbons (Fsp3) is 0.0769. The predicted molar refractivity (Wildman–Crippen MR) is 73.5 cm³/mol. The van der Waals surface area contributed by atoms with Gasteiger partial charge in [0.05, 0.1) is 17.8 Å². The number of nitrogens with zero attached hydrogens (tertiary/aromatic N) is 4. The lowest BCUT2D eigenvalue weighted by atomic mass is 10.2. The zero-order valence-electron chi connectivity index (χ0n) is 10.5. The standard InChI is InChI=1S/C13H12N6O/c14-11-10(5-3-7-16-11)12-18-19-13(20-12)17-8-9-4-1-2-6-15-9/h1-7H,8H2,(H2,14,16)(H,17,19). The van der Waals surface area contributed by atoms with E-state index in [2.05, 4.69) is 25.5 Å². The van der Waals surface area contributed by atoms with Crippen molar-refractivity contribution < 1.29 is 4.42 Å². The lowest BCUT2D eigenvalue weighted by Gasteiger charge is -2.00. The van der Waals surface area contributed by atoms with Crippen LogP contribution >= 0.6 is 0 Å². The van der Waals surface area contributed by atoms with Crippen molar-refractivity contribution in [2.24, 2.45) is 0 Å². The number of pyridine rings is 2. The Bertz CT molecular complexity index is 697. The van der Waals surface area contributed by atoms with Crippen molar-refractivity contribution in [3.8, 4) is 11.5 Å². The van der Waals surface area contributed by atoms with E-state index in [1.807, 2.05) is 18.2 Å². The van der Waals surface area contributed by atoms with E-state index in [9.17, 15) is 0 Å². The van der Waals surface area contributed by atoms with Gasteiger partial charge in [-0.15, -0.1) is 5.10 Å². The van der Waals surface area contributed by atoms with Crippen molar-refractivity contribution in [3.05, 3.63) is 48.4 Å². The third kappa shape index (κ3) is 2.56. The summed E-state index contributed by atoms with van der Waals surface area (Å²) in [6.45, 7) is 0.505. The Morgan fingerprint density at radius 3 is 2.75 bits per heavy atom. The maximum atomic E-state index is 5.76. The van der Waals surface area contributed by atoms with Crippen LogP contribution < -0.4 is 11.1 Å². The molecule has 100 valence electrons. The van der Waals surface area contributed by atoms with E-state index in [4.69, 9.17) is 10.2 Å². The van der Waals surface area contributed by atoms with Gasteiger partial charge in [-0.05, 0) is 24.3 Å². The highest BCUT2D eigenvalue weighted by Gasteiger charge is 2.11. The third-order valence-electron chi connectivity index (χ3n) is 2.64. The van der Waals surface area contributed by atoms with E-state index >= 15 is 0 Å². The molecule has 3 rings (SSSR count). The fourth-order valence-electron chi connectivity index (χ4n) is 1.67. The first-order valence-corrected chi connectivity index (χ1v) is 6.01. The Kier molecular flexibility index (Phi) is 3.24. The monoisotopic (exact) mass is 268 g/mol.